The fourth-order valence-corrected chi connectivity index (χ4v) is 5.45. The van der Waals surface area contributed by atoms with Crippen LogP contribution in [0.1, 0.15) is 36.5 Å². The number of halogens is 1. The summed E-state index contributed by atoms with van der Waals surface area (Å²) in [6.45, 7) is 2.96. The van der Waals surface area contributed by atoms with Crippen molar-refractivity contribution in [3.05, 3.63) is 59.9 Å². The topological polar surface area (TPSA) is 86.8 Å². The van der Waals surface area contributed by atoms with E-state index in [2.05, 4.69) is 5.32 Å². The first kappa shape index (κ1) is 24.9. The van der Waals surface area contributed by atoms with E-state index in [0.717, 1.165) is 0 Å². The van der Waals surface area contributed by atoms with Crippen molar-refractivity contribution in [3.63, 3.8) is 0 Å². The molecule has 1 amide bonds. The molecule has 0 aromatic heterocycles. The molecule has 178 valence electrons. The fourth-order valence-electron chi connectivity index (χ4n) is 3.94. The molecule has 0 aliphatic carbocycles. The number of benzene rings is 2. The van der Waals surface area contributed by atoms with E-state index in [4.69, 9.17) is 0 Å². The smallest absolute Gasteiger partial charge is 0.243 e. The average Bonchev–Trinajstić information content (AvgIpc) is 2.82. The largest absolute Gasteiger partial charge is 0.372 e. The van der Waals surface area contributed by atoms with Crippen molar-refractivity contribution in [1.29, 1.82) is 0 Å². The summed E-state index contributed by atoms with van der Waals surface area (Å²) in [4.78, 5) is 26.0. The molecule has 33 heavy (non-hydrogen) atoms. The Labute approximate surface area is 194 Å². The fraction of sp³-hybridized carbons (Fsp3) is 0.417. The van der Waals surface area contributed by atoms with Crippen LogP contribution in [0.3, 0.4) is 0 Å². The van der Waals surface area contributed by atoms with Crippen molar-refractivity contribution in [2.45, 2.75) is 31.1 Å². The van der Waals surface area contributed by atoms with Gasteiger partial charge in [-0.1, -0.05) is 24.3 Å². The molecule has 0 saturated carbocycles. The number of sulfonamides is 1. The molecular weight excluding hydrogens is 445 g/mol. The van der Waals surface area contributed by atoms with Gasteiger partial charge in [0.2, 0.25) is 15.9 Å². The van der Waals surface area contributed by atoms with Crippen LogP contribution < -0.4 is 10.2 Å². The van der Waals surface area contributed by atoms with Crippen LogP contribution in [-0.4, -0.2) is 57.6 Å². The van der Waals surface area contributed by atoms with Gasteiger partial charge in [0.05, 0.1) is 10.6 Å². The average molecular weight is 476 g/mol. The minimum Gasteiger partial charge on any atom is -0.372 e. The van der Waals surface area contributed by atoms with Gasteiger partial charge in [0, 0.05) is 44.7 Å². The van der Waals surface area contributed by atoms with Crippen molar-refractivity contribution in [2.24, 2.45) is 5.92 Å². The number of piperidine rings is 1. The highest BCUT2D eigenvalue weighted by Crippen LogP contribution is 2.25. The zero-order valence-electron chi connectivity index (χ0n) is 19.0. The van der Waals surface area contributed by atoms with Gasteiger partial charge in [-0.15, -0.1) is 0 Å². The lowest BCUT2D eigenvalue weighted by atomic mass is 9.97. The number of amides is 1. The summed E-state index contributed by atoms with van der Waals surface area (Å²) >= 11 is 0. The molecule has 3 rings (SSSR count). The van der Waals surface area contributed by atoms with Gasteiger partial charge < -0.3 is 10.2 Å². The molecular formula is C24H30FN3O4S. The minimum atomic E-state index is -3.71. The summed E-state index contributed by atoms with van der Waals surface area (Å²) in [7, 11) is -1.91. The molecule has 9 heteroatoms. The molecule has 1 N–H and O–H groups in total. The Balaban J connectivity index is 1.45. The molecule has 1 heterocycles. The third-order valence-electron chi connectivity index (χ3n) is 5.94. The zero-order valence-corrected chi connectivity index (χ0v) is 19.8. The number of nitrogens with one attached hydrogen (secondary N) is 1. The Bertz CT molecular complexity index is 1100. The number of hydrogen-bond acceptors (Lipinski definition) is 5. The SMILES string of the molecule is CC(=O)c1cccc(S(=O)(=O)N2CCC(C(=O)NCCCN(C)c3ccccc3F)CC2)c1. The Hall–Kier alpha value is -2.78. The van der Waals surface area contributed by atoms with Gasteiger partial charge in [0.25, 0.3) is 0 Å². The number of anilines is 1. The molecule has 1 aliphatic heterocycles. The minimum absolute atomic E-state index is 0.0841. The first-order valence-electron chi connectivity index (χ1n) is 11.0. The Morgan fingerprint density at radius 1 is 1.12 bits per heavy atom. The number of ketones is 1. The quantitative estimate of drug-likeness (QED) is 0.445. The van der Waals surface area contributed by atoms with E-state index in [1.54, 1.807) is 30.3 Å². The molecule has 0 bridgehead atoms. The van der Waals surface area contributed by atoms with Crippen LogP contribution >= 0.6 is 0 Å². The van der Waals surface area contributed by atoms with E-state index in [9.17, 15) is 22.4 Å². The first-order chi connectivity index (χ1) is 15.7. The van der Waals surface area contributed by atoms with Gasteiger partial charge in [-0.05, 0) is 50.5 Å². The Morgan fingerprint density at radius 2 is 1.82 bits per heavy atom. The Morgan fingerprint density at radius 3 is 2.48 bits per heavy atom. The van der Waals surface area contributed by atoms with Crippen LogP contribution in [0.4, 0.5) is 10.1 Å². The maximum atomic E-state index is 13.8. The lowest BCUT2D eigenvalue weighted by Crippen LogP contribution is -2.43. The number of Topliss-reactive ketones (excluding diaryl/α,β-unsaturated/α-hetero) is 1. The van der Waals surface area contributed by atoms with E-state index < -0.39 is 10.0 Å². The van der Waals surface area contributed by atoms with Crippen molar-refractivity contribution < 1.29 is 22.4 Å². The normalized spacial score (nSPS) is 15.2. The van der Waals surface area contributed by atoms with Crippen LogP contribution in [0, 0.1) is 11.7 Å². The number of nitrogens with zero attached hydrogens (tertiary/aromatic N) is 2. The summed E-state index contributed by atoms with van der Waals surface area (Å²) in [6, 6.07) is 12.6. The monoisotopic (exact) mass is 475 g/mol. The molecule has 0 unspecified atom stereocenters. The van der Waals surface area contributed by atoms with E-state index in [1.165, 1.54) is 29.4 Å². The number of hydrogen-bond donors (Lipinski definition) is 1. The molecule has 1 aliphatic rings. The number of carbonyl (C=O) groups is 2. The number of rotatable bonds is 9. The van der Waals surface area contributed by atoms with E-state index in [-0.39, 0.29) is 41.4 Å². The number of carbonyl (C=O) groups excluding carboxylic acids is 2. The van der Waals surface area contributed by atoms with Gasteiger partial charge in [0.1, 0.15) is 5.82 Å². The Kier molecular flexibility index (Phi) is 8.20. The summed E-state index contributed by atoms with van der Waals surface area (Å²) in [5, 5.41) is 2.91. The van der Waals surface area contributed by atoms with Gasteiger partial charge in [-0.2, -0.15) is 4.31 Å². The van der Waals surface area contributed by atoms with Crippen molar-refractivity contribution in [1.82, 2.24) is 9.62 Å². The molecule has 2 aromatic carbocycles. The van der Waals surface area contributed by atoms with E-state index in [0.29, 0.717) is 43.6 Å². The summed E-state index contributed by atoms with van der Waals surface area (Å²) < 4.78 is 41.1. The van der Waals surface area contributed by atoms with E-state index in [1.807, 2.05) is 11.9 Å². The molecule has 0 spiro atoms. The second kappa shape index (κ2) is 10.9. The zero-order chi connectivity index (χ0) is 24.0. The second-order valence-corrected chi connectivity index (χ2v) is 10.2. The van der Waals surface area contributed by atoms with Crippen LogP contribution in [0.15, 0.2) is 53.4 Å². The standard InChI is InChI=1S/C24H30FN3O4S/c1-18(29)20-7-5-8-21(17-20)33(31,32)28-15-11-19(12-16-28)24(30)26-13-6-14-27(2)23-10-4-3-9-22(23)25/h3-5,7-10,17,19H,6,11-16H2,1-2H3,(H,26,30). The number of para-hydroxylation sites is 1. The van der Waals surface area contributed by atoms with Crippen molar-refractivity contribution >= 4 is 27.4 Å². The third-order valence-corrected chi connectivity index (χ3v) is 7.83. The van der Waals surface area contributed by atoms with Crippen molar-refractivity contribution in [3.8, 4) is 0 Å². The second-order valence-electron chi connectivity index (χ2n) is 8.28. The molecule has 1 fully saturated rings. The molecule has 7 nitrogen and oxygen atoms in total. The van der Waals surface area contributed by atoms with E-state index >= 15 is 0 Å². The third kappa shape index (κ3) is 6.17. The first-order valence-corrected chi connectivity index (χ1v) is 12.5. The van der Waals surface area contributed by atoms with Crippen LogP contribution in [0.5, 0.6) is 0 Å². The molecule has 1 saturated heterocycles. The predicted octanol–water partition coefficient (Wildman–Crippen LogP) is 3.07. The van der Waals surface area contributed by atoms with Crippen LogP contribution in [0.25, 0.3) is 0 Å². The lowest BCUT2D eigenvalue weighted by Gasteiger charge is -2.30. The highest BCUT2D eigenvalue weighted by Gasteiger charge is 2.32. The van der Waals surface area contributed by atoms with Crippen LogP contribution in [0.2, 0.25) is 0 Å². The molecule has 0 radical (unpaired) electrons. The summed E-state index contributed by atoms with van der Waals surface area (Å²) in [6.07, 6.45) is 1.54. The maximum Gasteiger partial charge on any atom is 0.243 e. The highest BCUT2D eigenvalue weighted by atomic mass is 32.2. The molecule has 2 aromatic rings. The van der Waals surface area contributed by atoms with Crippen molar-refractivity contribution in [2.75, 3.05) is 38.1 Å². The van der Waals surface area contributed by atoms with Gasteiger partial charge in [-0.25, -0.2) is 12.8 Å². The van der Waals surface area contributed by atoms with Gasteiger partial charge in [0.15, 0.2) is 5.78 Å². The maximum absolute atomic E-state index is 13.8. The summed E-state index contributed by atoms with van der Waals surface area (Å²) in [5.41, 5.74) is 0.872. The van der Waals surface area contributed by atoms with Gasteiger partial charge in [-0.3, -0.25) is 9.59 Å². The summed E-state index contributed by atoms with van der Waals surface area (Å²) in [5.74, 6) is -0.801. The van der Waals surface area contributed by atoms with Gasteiger partial charge >= 0.3 is 0 Å². The predicted molar refractivity (Wildman–Crippen MR) is 125 cm³/mol. The molecule has 0 atom stereocenters. The lowest BCUT2D eigenvalue weighted by molar-refractivity contribution is -0.126. The van der Waals surface area contributed by atoms with Crippen LogP contribution in [-0.2, 0) is 14.8 Å². The highest BCUT2D eigenvalue weighted by molar-refractivity contribution is 7.89.